The Morgan fingerprint density at radius 2 is 1.81 bits per heavy atom. The number of hydrogen-bond donors (Lipinski definition) is 1. The normalized spacial score (nSPS) is 17.1. The molecule has 1 fully saturated rings. The van der Waals surface area contributed by atoms with Gasteiger partial charge in [0.05, 0.1) is 17.4 Å². The lowest BCUT2D eigenvalue weighted by Crippen LogP contribution is -2.46. The standard InChI is InChI=1S/C27H33NO3S.C2H6O.C2H6/c1-3-23(20-22(2)24-9-5-4-6-10-24)8-7-19-31-25-11-13-26(14-12-25)32(30)27(21-29)15-17-28-18-16-27;1-3-2;1-2/h3-5,9,11-14,20-21,28H,1-2,6-8,10,15-19H2;1-2H3;1-2H3/b23-20+;;. The number of aldehydes is 1. The van der Waals surface area contributed by atoms with Crippen molar-refractivity contribution in [3.05, 3.63) is 84.5 Å². The summed E-state index contributed by atoms with van der Waals surface area (Å²) < 4.78 is 22.4. The van der Waals surface area contributed by atoms with Crippen LogP contribution in [0.4, 0.5) is 0 Å². The number of ether oxygens (including phenoxy) is 2. The molecule has 0 saturated carbocycles. The average molecular weight is 528 g/mol. The van der Waals surface area contributed by atoms with Gasteiger partial charge in [0, 0.05) is 19.1 Å². The monoisotopic (exact) mass is 527 g/mol. The van der Waals surface area contributed by atoms with Gasteiger partial charge in [-0.25, -0.2) is 0 Å². The maximum Gasteiger partial charge on any atom is 0.139 e. The molecule has 1 aliphatic heterocycles. The zero-order valence-electron chi connectivity index (χ0n) is 23.1. The molecule has 1 aliphatic carbocycles. The largest absolute Gasteiger partial charge is 0.494 e. The molecule has 204 valence electrons. The predicted octanol–water partition coefficient (Wildman–Crippen LogP) is 6.51. The average Bonchev–Trinajstić information content (AvgIpc) is 2.96. The van der Waals surface area contributed by atoms with Gasteiger partial charge in [-0.2, -0.15) is 0 Å². The number of carbonyl (C=O) groups excluding carboxylic acids is 1. The van der Waals surface area contributed by atoms with E-state index >= 15 is 0 Å². The molecule has 3 rings (SSSR count). The van der Waals surface area contributed by atoms with E-state index in [0.717, 1.165) is 62.0 Å². The third-order valence-corrected chi connectivity index (χ3v) is 7.94. The summed E-state index contributed by atoms with van der Waals surface area (Å²) >= 11 is 0. The smallest absolute Gasteiger partial charge is 0.139 e. The minimum Gasteiger partial charge on any atom is -0.494 e. The molecule has 1 aromatic carbocycles. The van der Waals surface area contributed by atoms with Gasteiger partial charge in [-0.3, -0.25) is 4.21 Å². The van der Waals surface area contributed by atoms with Crippen LogP contribution in [0.2, 0.25) is 0 Å². The lowest BCUT2D eigenvalue weighted by atomic mass is 9.96. The van der Waals surface area contributed by atoms with E-state index in [1.54, 1.807) is 14.2 Å². The third kappa shape index (κ3) is 10.8. The van der Waals surface area contributed by atoms with Gasteiger partial charge in [-0.15, -0.1) is 0 Å². The second-order valence-corrected chi connectivity index (χ2v) is 10.5. The molecule has 0 bridgehead atoms. The summed E-state index contributed by atoms with van der Waals surface area (Å²) in [6.07, 6.45) is 16.3. The summed E-state index contributed by atoms with van der Waals surface area (Å²) in [4.78, 5) is 12.4. The fourth-order valence-corrected chi connectivity index (χ4v) is 5.49. The van der Waals surface area contributed by atoms with Gasteiger partial charge in [-0.1, -0.05) is 57.4 Å². The molecule has 37 heavy (non-hydrogen) atoms. The second-order valence-electron chi connectivity index (χ2n) is 8.64. The number of methoxy groups -OCH3 is 1. The summed E-state index contributed by atoms with van der Waals surface area (Å²) in [5.41, 5.74) is 3.48. The van der Waals surface area contributed by atoms with Gasteiger partial charge in [-0.05, 0) is 92.6 Å². The van der Waals surface area contributed by atoms with Gasteiger partial charge in [0.15, 0.2) is 0 Å². The van der Waals surface area contributed by atoms with Gasteiger partial charge in [0.25, 0.3) is 0 Å². The number of nitrogens with one attached hydrogen (secondary N) is 1. The quantitative estimate of drug-likeness (QED) is 0.202. The number of carbonyl (C=O) groups is 1. The van der Waals surface area contributed by atoms with Gasteiger partial charge in [0.2, 0.25) is 0 Å². The van der Waals surface area contributed by atoms with Gasteiger partial charge >= 0.3 is 0 Å². The third-order valence-electron chi connectivity index (χ3n) is 6.00. The Bertz CT molecular complexity index is 954. The van der Waals surface area contributed by atoms with E-state index in [2.05, 4.69) is 47.5 Å². The molecule has 5 nitrogen and oxygen atoms in total. The molecular formula is C31H45NO4S. The number of hydrogen-bond acceptors (Lipinski definition) is 5. The van der Waals surface area contributed by atoms with Crippen molar-refractivity contribution in [2.75, 3.05) is 33.9 Å². The molecule has 1 atom stereocenters. The predicted molar refractivity (Wildman–Crippen MR) is 157 cm³/mol. The minimum atomic E-state index is -1.36. The van der Waals surface area contributed by atoms with Crippen LogP contribution in [0.25, 0.3) is 0 Å². The minimum absolute atomic E-state index is 0.579. The molecule has 1 N–H and O–H groups in total. The maximum absolute atomic E-state index is 13.0. The van der Waals surface area contributed by atoms with Crippen LogP contribution >= 0.6 is 0 Å². The molecule has 0 amide bonds. The highest BCUT2D eigenvalue weighted by molar-refractivity contribution is 7.87. The number of rotatable bonds is 11. The highest BCUT2D eigenvalue weighted by atomic mass is 32.2. The van der Waals surface area contributed by atoms with Crippen molar-refractivity contribution >= 4 is 17.1 Å². The van der Waals surface area contributed by atoms with Crippen LogP contribution in [0.15, 0.2) is 89.4 Å². The van der Waals surface area contributed by atoms with Crippen molar-refractivity contribution in [3.63, 3.8) is 0 Å². The summed E-state index contributed by atoms with van der Waals surface area (Å²) in [6, 6.07) is 7.29. The van der Waals surface area contributed by atoms with E-state index in [4.69, 9.17) is 4.74 Å². The SMILES string of the molecule is C=C/C(=C\C(=C)C1=CC=CCC1)CCCOc1ccc(S(=O)C2(C=O)CCNCC2)cc1.CC.COC. The Balaban J connectivity index is 0.00000127. The Morgan fingerprint density at radius 1 is 1.16 bits per heavy atom. The first-order chi connectivity index (χ1) is 18.0. The Labute approximate surface area is 226 Å². The van der Waals surface area contributed by atoms with Crippen molar-refractivity contribution in [2.24, 2.45) is 0 Å². The zero-order valence-corrected chi connectivity index (χ0v) is 23.9. The van der Waals surface area contributed by atoms with Crippen molar-refractivity contribution in [1.82, 2.24) is 5.32 Å². The summed E-state index contributed by atoms with van der Waals surface area (Å²) in [6.45, 7) is 14.1. The van der Waals surface area contributed by atoms with Crippen LogP contribution in [-0.2, 0) is 20.3 Å². The van der Waals surface area contributed by atoms with Crippen LogP contribution in [0.1, 0.15) is 52.4 Å². The number of piperidine rings is 1. The van der Waals surface area contributed by atoms with E-state index < -0.39 is 15.5 Å². The number of allylic oxidation sites excluding steroid dienone is 8. The molecular weight excluding hydrogens is 482 g/mol. The molecule has 6 heteroatoms. The van der Waals surface area contributed by atoms with E-state index in [9.17, 15) is 9.00 Å². The second kappa shape index (κ2) is 18.7. The van der Waals surface area contributed by atoms with Crippen LogP contribution in [-0.4, -0.2) is 49.2 Å². The summed E-state index contributed by atoms with van der Waals surface area (Å²) in [7, 11) is 1.89. The highest BCUT2D eigenvalue weighted by Gasteiger charge is 2.38. The summed E-state index contributed by atoms with van der Waals surface area (Å²) in [5, 5.41) is 3.22. The Morgan fingerprint density at radius 3 is 2.35 bits per heavy atom. The molecule has 1 aromatic rings. The molecule has 0 spiro atoms. The van der Waals surface area contributed by atoms with Crippen LogP contribution in [0.5, 0.6) is 5.75 Å². The molecule has 1 heterocycles. The highest BCUT2D eigenvalue weighted by Crippen LogP contribution is 2.29. The van der Waals surface area contributed by atoms with E-state index in [-0.39, 0.29) is 0 Å². The first-order valence-electron chi connectivity index (χ1n) is 13.1. The first kappa shape index (κ1) is 32.5. The fourth-order valence-electron chi connectivity index (χ4n) is 3.98. The van der Waals surface area contributed by atoms with Crippen LogP contribution in [0.3, 0.4) is 0 Å². The fraction of sp³-hybridized carbons (Fsp3) is 0.452. The van der Waals surface area contributed by atoms with Crippen LogP contribution in [0, 0.1) is 0 Å². The van der Waals surface area contributed by atoms with E-state index in [1.807, 2.05) is 44.2 Å². The van der Waals surface area contributed by atoms with E-state index in [0.29, 0.717) is 24.3 Å². The lowest BCUT2D eigenvalue weighted by molar-refractivity contribution is -0.110. The van der Waals surface area contributed by atoms with Crippen molar-refractivity contribution in [2.45, 2.75) is 62.0 Å². The summed E-state index contributed by atoms with van der Waals surface area (Å²) in [5.74, 6) is 0.740. The van der Waals surface area contributed by atoms with E-state index in [1.165, 1.54) is 5.57 Å². The Kier molecular flexibility index (Phi) is 16.4. The van der Waals surface area contributed by atoms with Crippen molar-refractivity contribution in [3.8, 4) is 5.75 Å². The molecule has 1 saturated heterocycles. The lowest BCUT2D eigenvalue weighted by Gasteiger charge is -2.31. The molecule has 1 unspecified atom stereocenters. The van der Waals surface area contributed by atoms with Crippen molar-refractivity contribution < 1.29 is 18.5 Å². The van der Waals surface area contributed by atoms with Crippen molar-refractivity contribution in [1.29, 1.82) is 0 Å². The topological polar surface area (TPSA) is 64.6 Å². The number of benzene rings is 1. The first-order valence-corrected chi connectivity index (χ1v) is 14.2. The van der Waals surface area contributed by atoms with Gasteiger partial charge in [0.1, 0.15) is 16.8 Å². The molecule has 2 aliphatic rings. The molecule has 0 radical (unpaired) electrons. The zero-order chi connectivity index (χ0) is 27.5. The Hall–Kier alpha value is -2.54. The van der Waals surface area contributed by atoms with Gasteiger partial charge < -0.3 is 19.6 Å². The van der Waals surface area contributed by atoms with Crippen LogP contribution < -0.4 is 10.1 Å². The molecule has 0 aromatic heterocycles. The maximum atomic E-state index is 13.0.